The smallest absolute Gasteiger partial charge is 0.341 e. The molecule has 0 radical (unpaired) electrons. The molecule has 0 aliphatic rings. The lowest BCUT2D eigenvalue weighted by molar-refractivity contribution is 0.0597. The fourth-order valence-corrected chi connectivity index (χ4v) is 3.01. The molecular formula is C16H14N2O5S. The number of nitriles is 1. The van der Waals surface area contributed by atoms with Crippen molar-refractivity contribution in [1.29, 1.82) is 5.26 Å². The highest BCUT2D eigenvalue weighted by Crippen LogP contribution is 2.25. The Morgan fingerprint density at radius 3 is 2.33 bits per heavy atom. The Morgan fingerprint density at radius 2 is 1.79 bits per heavy atom. The third-order valence-electron chi connectivity index (χ3n) is 3.15. The molecule has 1 N–H and O–H groups in total. The summed E-state index contributed by atoms with van der Waals surface area (Å²) in [6, 6.07) is 11.6. The first-order chi connectivity index (χ1) is 11.4. The molecule has 7 nitrogen and oxygen atoms in total. The Morgan fingerprint density at radius 1 is 1.12 bits per heavy atom. The van der Waals surface area contributed by atoms with Gasteiger partial charge in [0.15, 0.2) is 0 Å². The van der Waals surface area contributed by atoms with Crippen LogP contribution >= 0.6 is 0 Å². The lowest BCUT2D eigenvalue weighted by Crippen LogP contribution is -2.13. The molecule has 0 bridgehead atoms. The normalized spacial score (nSPS) is 10.5. The Labute approximate surface area is 139 Å². The summed E-state index contributed by atoms with van der Waals surface area (Å²) in [6.45, 7) is 0. The van der Waals surface area contributed by atoms with Gasteiger partial charge in [-0.2, -0.15) is 5.26 Å². The lowest BCUT2D eigenvalue weighted by atomic mass is 10.2. The zero-order valence-corrected chi connectivity index (χ0v) is 13.8. The molecule has 124 valence electrons. The van der Waals surface area contributed by atoms with Crippen LogP contribution in [0.1, 0.15) is 15.9 Å². The van der Waals surface area contributed by atoms with Crippen LogP contribution in [0.15, 0.2) is 47.4 Å². The monoisotopic (exact) mass is 346 g/mol. The van der Waals surface area contributed by atoms with Crippen molar-refractivity contribution in [3.8, 4) is 11.8 Å². The number of nitrogens with one attached hydrogen (secondary N) is 1. The molecule has 0 aliphatic heterocycles. The van der Waals surface area contributed by atoms with Gasteiger partial charge in [-0.05, 0) is 36.4 Å². The molecule has 2 rings (SSSR count). The molecular weight excluding hydrogens is 332 g/mol. The number of esters is 1. The molecule has 0 saturated heterocycles. The van der Waals surface area contributed by atoms with E-state index in [9.17, 15) is 13.2 Å². The number of hydrogen-bond acceptors (Lipinski definition) is 6. The summed E-state index contributed by atoms with van der Waals surface area (Å²) in [5, 5.41) is 8.75. The summed E-state index contributed by atoms with van der Waals surface area (Å²) in [6.07, 6.45) is 0. The number of nitrogens with zero attached hydrogens (tertiary/aromatic N) is 1. The molecule has 0 fully saturated rings. The first-order valence-corrected chi connectivity index (χ1v) is 8.19. The van der Waals surface area contributed by atoms with Gasteiger partial charge in [-0.1, -0.05) is 0 Å². The molecule has 0 amide bonds. The molecule has 24 heavy (non-hydrogen) atoms. The first-order valence-electron chi connectivity index (χ1n) is 6.70. The summed E-state index contributed by atoms with van der Waals surface area (Å²) in [5.74, 6) is -0.407. The number of carbonyl (C=O) groups excluding carboxylic acids is 1. The number of benzene rings is 2. The van der Waals surface area contributed by atoms with Gasteiger partial charge in [-0.15, -0.1) is 0 Å². The number of rotatable bonds is 5. The number of ether oxygens (including phenoxy) is 2. The second-order valence-electron chi connectivity index (χ2n) is 4.65. The molecule has 0 spiro atoms. The number of sulfonamides is 1. The summed E-state index contributed by atoms with van der Waals surface area (Å²) >= 11 is 0. The number of anilines is 1. The van der Waals surface area contributed by atoms with E-state index < -0.39 is 16.0 Å². The van der Waals surface area contributed by atoms with Gasteiger partial charge in [0, 0.05) is 6.07 Å². The van der Waals surface area contributed by atoms with Crippen LogP contribution in [0.4, 0.5) is 5.69 Å². The predicted molar refractivity (Wildman–Crippen MR) is 86.3 cm³/mol. The van der Waals surface area contributed by atoms with Gasteiger partial charge in [0.25, 0.3) is 10.0 Å². The van der Waals surface area contributed by atoms with Crippen LogP contribution in [0.3, 0.4) is 0 Å². The van der Waals surface area contributed by atoms with Crippen molar-refractivity contribution in [3.63, 3.8) is 0 Å². The van der Waals surface area contributed by atoms with Crippen molar-refractivity contribution in [2.75, 3.05) is 18.9 Å². The van der Waals surface area contributed by atoms with Crippen molar-refractivity contribution in [2.45, 2.75) is 4.90 Å². The fraction of sp³-hybridized carbons (Fsp3) is 0.125. The van der Waals surface area contributed by atoms with Crippen LogP contribution in [-0.4, -0.2) is 28.6 Å². The average molecular weight is 346 g/mol. The predicted octanol–water partition coefficient (Wildman–Crippen LogP) is 2.15. The summed E-state index contributed by atoms with van der Waals surface area (Å²) in [7, 11) is -1.23. The maximum absolute atomic E-state index is 12.3. The molecule has 0 aromatic heterocycles. The van der Waals surface area contributed by atoms with Crippen molar-refractivity contribution in [2.24, 2.45) is 0 Å². The third-order valence-corrected chi connectivity index (χ3v) is 4.55. The van der Waals surface area contributed by atoms with Gasteiger partial charge in [-0.3, -0.25) is 4.72 Å². The zero-order valence-electron chi connectivity index (χ0n) is 12.9. The molecule has 8 heteroatoms. The highest BCUT2D eigenvalue weighted by atomic mass is 32.2. The fourth-order valence-electron chi connectivity index (χ4n) is 1.96. The summed E-state index contributed by atoms with van der Waals surface area (Å²) in [5.41, 5.74) is 0.767. The van der Waals surface area contributed by atoms with E-state index in [1.165, 1.54) is 56.7 Å². The second-order valence-corrected chi connectivity index (χ2v) is 6.33. The number of carbonyl (C=O) groups is 1. The quantitative estimate of drug-likeness (QED) is 0.832. The minimum absolute atomic E-state index is 0.0116. The molecule has 2 aromatic rings. The maximum Gasteiger partial charge on any atom is 0.341 e. The van der Waals surface area contributed by atoms with Crippen LogP contribution in [0.2, 0.25) is 0 Å². The summed E-state index contributed by atoms with van der Waals surface area (Å²) < 4.78 is 36.8. The Bertz CT molecular complexity index is 899. The Balaban J connectivity index is 2.32. The Hall–Kier alpha value is -3.05. The van der Waals surface area contributed by atoms with Gasteiger partial charge < -0.3 is 9.47 Å². The summed E-state index contributed by atoms with van der Waals surface area (Å²) in [4.78, 5) is 11.6. The number of hydrogen-bond donors (Lipinski definition) is 1. The van der Waals surface area contributed by atoms with Crippen molar-refractivity contribution < 1.29 is 22.7 Å². The van der Waals surface area contributed by atoms with E-state index in [4.69, 9.17) is 10.00 Å². The number of methoxy groups -OCH3 is 2. The highest BCUT2D eigenvalue weighted by molar-refractivity contribution is 7.92. The van der Waals surface area contributed by atoms with Gasteiger partial charge in [-0.25, -0.2) is 13.2 Å². The molecule has 2 aromatic carbocycles. The molecule has 0 aliphatic carbocycles. The van der Waals surface area contributed by atoms with Gasteiger partial charge in [0.05, 0.1) is 36.4 Å². The lowest BCUT2D eigenvalue weighted by Gasteiger charge is -2.11. The van der Waals surface area contributed by atoms with E-state index in [2.05, 4.69) is 9.46 Å². The van der Waals surface area contributed by atoms with Crippen LogP contribution in [0.25, 0.3) is 0 Å². The van der Waals surface area contributed by atoms with Crippen molar-refractivity contribution in [1.82, 2.24) is 0 Å². The van der Waals surface area contributed by atoms with E-state index in [0.29, 0.717) is 5.56 Å². The van der Waals surface area contributed by atoms with Gasteiger partial charge >= 0.3 is 5.97 Å². The molecule has 0 heterocycles. The van der Waals surface area contributed by atoms with Crippen LogP contribution in [-0.2, 0) is 14.8 Å². The topological polar surface area (TPSA) is 105 Å². The van der Waals surface area contributed by atoms with E-state index in [0.717, 1.165) is 0 Å². The first kappa shape index (κ1) is 17.3. The maximum atomic E-state index is 12.3. The largest absolute Gasteiger partial charge is 0.496 e. The van der Waals surface area contributed by atoms with Crippen molar-refractivity contribution in [3.05, 3.63) is 53.6 Å². The second kappa shape index (κ2) is 7.02. The van der Waals surface area contributed by atoms with Crippen molar-refractivity contribution >= 4 is 21.7 Å². The van der Waals surface area contributed by atoms with E-state index in [1.807, 2.05) is 6.07 Å². The SMILES string of the molecule is COC(=O)c1ccc(NS(=O)(=O)c2ccc(C#N)cc2)cc1OC. The van der Waals surface area contributed by atoms with E-state index in [1.54, 1.807) is 0 Å². The standard InChI is InChI=1S/C16H14N2O5S/c1-22-15-9-12(5-8-14(15)16(19)23-2)18-24(20,21)13-6-3-11(10-17)4-7-13/h3-9,18H,1-2H3. The molecule has 0 saturated carbocycles. The third kappa shape index (κ3) is 3.64. The van der Waals surface area contributed by atoms with Crippen LogP contribution < -0.4 is 9.46 Å². The van der Waals surface area contributed by atoms with Gasteiger partial charge in [0.1, 0.15) is 11.3 Å². The highest BCUT2D eigenvalue weighted by Gasteiger charge is 2.17. The molecule has 0 atom stereocenters. The van der Waals surface area contributed by atoms with Gasteiger partial charge in [0.2, 0.25) is 0 Å². The minimum Gasteiger partial charge on any atom is -0.496 e. The zero-order chi connectivity index (χ0) is 17.7. The van der Waals surface area contributed by atoms with E-state index >= 15 is 0 Å². The van der Waals surface area contributed by atoms with E-state index in [-0.39, 0.29) is 21.9 Å². The minimum atomic E-state index is -3.83. The molecule has 0 unspecified atom stereocenters. The van der Waals surface area contributed by atoms with Crippen LogP contribution in [0.5, 0.6) is 5.75 Å². The Kier molecular flexibility index (Phi) is 5.06. The average Bonchev–Trinajstić information content (AvgIpc) is 2.60. The van der Waals surface area contributed by atoms with Crippen LogP contribution in [0, 0.1) is 11.3 Å².